The van der Waals surface area contributed by atoms with E-state index in [1.54, 1.807) is 31.2 Å². The maximum Gasteiger partial charge on any atom is 0.251 e. The topological polar surface area (TPSA) is 84.0 Å². The van der Waals surface area contributed by atoms with Crippen LogP contribution in [-0.4, -0.2) is 60.7 Å². The van der Waals surface area contributed by atoms with Gasteiger partial charge in [0.1, 0.15) is 11.4 Å². The number of sulfonamides is 1. The first-order valence-electron chi connectivity index (χ1n) is 12.5. The maximum absolute atomic E-state index is 14.4. The number of fused-ring (bicyclic) bond motifs is 1. The Kier molecular flexibility index (Phi) is 7.04. The van der Waals surface area contributed by atoms with Crippen molar-refractivity contribution >= 4 is 21.6 Å². The molecular weight excluding hydrogens is 452 g/mol. The number of hydrogen-bond acceptors (Lipinski definition) is 6. The third-order valence-corrected chi connectivity index (χ3v) is 9.38. The third-order valence-electron chi connectivity index (χ3n) is 7.28. The van der Waals surface area contributed by atoms with Crippen LogP contribution in [0.1, 0.15) is 86.9 Å². The molecule has 1 aromatic rings. The summed E-state index contributed by atoms with van der Waals surface area (Å²) in [6.45, 7) is 9.30. The average Bonchev–Trinajstić information content (AvgIpc) is 3.18. The third kappa shape index (κ3) is 4.25. The van der Waals surface area contributed by atoms with E-state index in [1.807, 2.05) is 11.8 Å². The fraction of sp³-hybridized carbons (Fsp3) is 0.615. The number of Topliss-reactive ketones (excluding diaryl/α,β-unsaturated/α-hetero) is 2. The van der Waals surface area contributed by atoms with Crippen LogP contribution in [-0.2, 0) is 14.8 Å². The monoisotopic (exact) mass is 488 g/mol. The van der Waals surface area contributed by atoms with E-state index < -0.39 is 27.6 Å². The molecule has 4 rings (SSSR count). The number of rotatable bonds is 7. The summed E-state index contributed by atoms with van der Waals surface area (Å²) in [4.78, 5) is 28.9. The fourth-order valence-electron chi connectivity index (χ4n) is 5.35. The van der Waals surface area contributed by atoms with Gasteiger partial charge in [0.2, 0.25) is 11.6 Å². The van der Waals surface area contributed by atoms with Crippen molar-refractivity contribution in [1.82, 2.24) is 9.21 Å². The standard InChI is InChI=1S/C26H36N2O5S/c1-5-19-17-33-26(4,14-13-18(2)3)28(19)34(31,32)25-22(27-15-9-6-10-16-27)23(29)20-11-7-8-12-21(20)24(25)30/h7-8,11-12,18-19H,5-6,9-10,13-17H2,1-4H3. The molecule has 1 aliphatic carbocycles. The number of carbonyl (C=O) groups excluding carboxylic acids is 2. The minimum atomic E-state index is -4.33. The summed E-state index contributed by atoms with van der Waals surface area (Å²) in [6, 6.07) is 6.15. The van der Waals surface area contributed by atoms with E-state index in [0.29, 0.717) is 31.8 Å². The number of piperidine rings is 1. The van der Waals surface area contributed by atoms with E-state index in [0.717, 1.165) is 25.7 Å². The molecule has 8 heteroatoms. The van der Waals surface area contributed by atoms with Gasteiger partial charge >= 0.3 is 0 Å². The predicted molar refractivity (Wildman–Crippen MR) is 131 cm³/mol. The quantitative estimate of drug-likeness (QED) is 0.567. The molecule has 34 heavy (non-hydrogen) atoms. The van der Waals surface area contributed by atoms with Crippen LogP contribution in [0.25, 0.3) is 0 Å². The van der Waals surface area contributed by atoms with Gasteiger partial charge in [-0.1, -0.05) is 45.0 Å². The lowest BCUT2D eigenvalue weighted by Crippen LogP contribution is -2.52. The molecule has 2 fully saturated rings. The minimum Gasteiger partial charge on any atom is -0.367 e. The molecule has 0 amide bonds. The van der Waals surface area contributed by atoms with Crippen molar-refractivity contribution in [2.45, 2.75) is 78.0 Å². The highest BCUT2D eigenvalue weighted by Crippen LogP contribution is 2.42. The van der Waals surface area contributed by atoms with Crippen molar-refractivity contribution < 1.29 is 22.7 Å². The predicted octanol–water partition coefficient (Wildman–Crippen LogP) is 4.36. The number of benzene rings is 1. The Morgan fingerprint density at radius 1 is 1.06 bits per heavy atom. The van der Waals surface area contributed by atoms with Crippen molar-refractivity contribution in [3.05, 3.63) is 46.0 Å². The fourth-order valence-corrected chi connectivity index (χ4v) is 7.61. The zero-order chi connectivity index (χ0) is 24.7. The number of ketones is 2. The summed E-state index contributed by atoms with van der Waals surface area (Å²) in [5, 5.41) is 0. The van der Waals surface area contributed by atoms with Crippen LogP contribution in [0.5, 0.6) is 0 Å². The van der Waals surface area contributed by atoms with E-state index in [1.165, 1.54) is 4.31 Å². The molecule has 0 N–H and O–H groups in total. The van der Waals surface area contributed by atoms with E-state index >= 15 is 0 Å². The van der Waals surface area contributed by atoms with E-state index in [-0.39, 0.29) is 34.1 Å². The van der Waals surface area contributed by atoms with Crippen molar-refractivity contribution in [1.29, 1.82) is 0 Å². The summed E-state index contributed by atoms with van der Waals surface area (Å²) in [5.74, 6) is -0.602. The van der Waals surface area contributed by atoms with Crippen molar-refractivity contribution in [2.24, 2.45) is 5.92 Å². The SMILES string of the molecule is CCC1COC(C)(CCC(C)C)N1S(=O)(=O)C1=C(N2CCCCC2)C(=O)c2ccccc2C1=O. The highest BCUT2D eigenvalue weighted by atomic mass is 32.2. The Bertz CT molecular complexity index is 1100. The van der Waals surface area contributed by atoms with Gasteiger partial charge in [0.25, 0.3) is 10.0 Å². The smallest absolute Gasteiger partial charge is 0.251 e. The average molecular weight is 489 g/mol. The van der Waals surface area contributed by atoms with Gasteiger partial charge in [-0.15, -0.1) is 0 Å². The van der Waals surface area contributed by atoms with Crippen LogP contribution in [0.4, 0.5) is 0 Å². The molecule has 2 saturated heterocycles. The van der Waals surface area contributed by atoms with Gasteiger partial charge in [-0.3, -0.25) is 9.59 Å². The number of carbonyl (C=O) groups is 2. The van der Waals surface area contributed by atoms with Gasteiger partial charge in [-0.25, -0.2) is 8.42 Å². The van der Waals surface area contributed by atoms with Gasteiger partial charge in [-0.2, -0.15) is 4.31 Å². The Morgan fingerprint density at radius 3 is 2.26 bits per heavy atom. The molecular formula is C26H36N2O5S. The van der Waals surface area contributed by atoms with Crippen LogP contribution in [0.3, 0.4) is 0 Å². The van der Waals surface area contributed by atoms with Crippen LogP contribution in [0.15, 0.2) is 34.9 Å². The molecule has 1 aromatic carbocycles. The number of likely N-dealkylation sites (tertiary alicyclic amines) is 1. The van der Waals surface area contributed by atoms with E-state index in [9.17, 15) is 18.0 Å². The first-order valence-corrected chi connectivity index (χ1v) is 13.9. The molecule has 7 nitrogen and oxygen atoms in total. The molecule has 2 unspecified atom stereocenters. The molecule has 0 bridgehead atoms. The van der Waals surface area contributed by atoms with Gasteiger partial charge in [0.15, 0.2) is 4.91 Å². The lowest BCUT2D eigenvalue weighted by atomic mass is 9.91. The number of allylic oxidation sites excluding steroid dienone is 2. The summed E-state index contributed by atoms with van der Waals surface area (Å²) < 4.78 is 36.4. The molecule has 0 saturated carbocycles. The Morgan fingerprint density at radius 2 is 1.68 bits per heavy atom. The Hall–Kier alpha value is -2.03. The first kappa shape index (κ1) is 25.1. The van der Waals surface area contributed by atoms with Crippen LogP contribution >= 0.6 is 0 Å². The van der Waals surface area contributed by atoms with Gasteiger partial charge in [0.05, 0.1) is 12.6 Å². The molecule has 2 atom stereocenters. The van der Waals surface area contributed by atoms with Gasteiger partial charge < -0.3 is 9.64 Å². The van der Waals surface area contributed by atoms with Gasteiger partial charge in [0, 0.05) is 24.2 Å². The van der Waals surface area contributed by atoms with Crippen molar-refractivity contribution in [3.8, 4) is 0 Å². The normalized spacial score (nSPS) is 26.5. The second kappa shape index (κ2) is 9.55. The minimum absolute atomic E-state index is 0.0383. The highest BCUT2D eigenvalue weighted by molar-refractivity contribution is 7.94. The van der Waals surface area contributed by atoms with Crippen LogP contribution in [0.2, 0.25) is 0 Å². The molecule has 0 spiro atoms. The second-order valence-electron chi connectivity index (χ2n) is 10.2. The second-order valence-corrected chi connectivity index (χ2v) is 12.0. The molecule has 186 valence electrons. The molecule has 2 aliphatic heterocycles. The Balaban J connectivity index is 1.89. The zero-order valence-corrected chi connectivity index (χ0v) is 21.5. The van der Waals surface area contributed by atoms with Crippen molar-refractivity contribution in [2.75, 3.05) is 19.7 Å². The largest absolute Gasteiger partial charge is 0.367 e. The molecule has 3 aliphatic rings. The maximum atomic E-state index is 14.4. The first-order chi connectivity index (χ1) is 16.1. The lowest BCUT2D eigenvalue weighted by molar-refractivity contribution is -0.0430. The molecule has 0 aromatic heterocycles. The highest BCUT2D eigenvalue weighted by Gasteiger charge is 2.54. The van der Waals surface area contributed by atoms with Crippen molar-refractivity contribution in [3.63, 3.8) is 0 Å². The summed E-state index contributed by atoms with van der Waals surface area (Å²) in [5.41, 5.74) is -0.594. The van der Waals surface area contributed by atoms with Gasteiger partial charge in [-0.05, 0) is 51.4 Å². The Labute approximate surface area is 203 Å². The zero-order valence-electron chi connectivity index (χ0n) is 20.7. The van der Waals surface area contributed by atoms with Crippen LogP contribution in [0, 0.1) is 5.92 Å². The number of hydrogen-bond donors (Lipinski definition) is 0. The van der Waals surface area contributed by atoms with E-state index in [2.05, 4.69) is 13.8 Å². The van der Waals surface area contributed by atoms with Crippen LogP contribution < -0.4 is 0 Å². The summed E-state index contributed by atoms with van der Waals surface area (Å²) >= 11 is 0. The molecule has 2 heterocycles. The summed E-state index contributed by atoms with van der Waals surface area (Å²) in [6.07, 6.45) is 4.60. The lowest BCUT2D eigenvalue weighted by Gasteiger charge is -2.39. The van der Waals surface area contributed by atoms with E-state index in [4.69, 9.17) is 4.74 Å². The number of nitrogens with zero attached hydrogens (tertiary/aromatic N) is 2. The molecule has 0 radical (unpaired) electrons. The summed E-state index contributed by atoms with van der Waals surface area (Å²) in [7, 11) is -4.33. The number of ether oxygens (including phenoxy) is 1.